The Kier molecular flexibility index (Phi) is 32.2. The van der Waals surface area contributed by atoms with E-state index in [0.717, 1.165) is 7.23 Å². The van der Waals surface area contributed by atoms with Crippen molar-refractivity contribution in [3.8, 4) is 0 Å². The molecule has 1 unspecified atom stereocenters. The molecule has 4 heteroatoms. The van der Waals surface area contributed by atoms with Gasteiger partial charge in [0.25, 0.3) is 0 Å². The van der Waals surface area contributed by atoms with Crippen LogP contribution in [-0.4, -0.2) is 22.0 Å². The van der Waals surface area contributed by atoms with Gasteiger partial charge in [0.05, 0.1) is 0 Å². The molecule has 0 spiro atoms. The summed E-state index contributed by atoms with van der Waals surface area (Å²) in [6.07, 6.45) is 4.16. The van der Waals surface area contributed by atoms with Crippen LogP contribution in [0.25, 0.3) is 0 Å². The van der Waals surface area contributed by atoms with Gasteiger partial charge in [-0.1, -0.05) is 25.9 Å². The zero-order chi connectivity index (χ0) is 4.83. The number of halogens is 2. The summed E-state index contributed by atoms with van der Waals surface area (Å²) in [6.45, 7) is 2.23. The van der Waals surface area contributed by atoms with Crippen molar-refractivity contribution in [1.82, 2.24) is 0 Å². The van der Waals surface area contributed by atoms with Crippen LogP contribution in [0.2, 0.25) is 0 Å². The first-order valence-corrected chi connectivity index (χ1v) is 5.37. The maximum Gasteiger partial charge on any atom is 0.165 e. The fraction of sp³-hybridized carbons (Fsp3) is 1.00. The Morgan fingerprint density at radius 3 is 2.00 bits per heavy atom. The van der Waals surface area contributed by atoms with E-state index in [9.17, 15) is 0 Å². The average molecular weight is 189 g/mol. The van der Waals surface area contributed by atoms with Gasteiger partial charge in [0.2, 0.25) is 0 Å². The molecule has 1 atom stereocenters. The molecule has 0 saturated carbocycles. The highest BCUT2D eigenvalue weighted by molar-refractivity contribution is 7.66. The molecule has 0 aromatic heterocycles. The van der Waals surface area contributed by atoms with E-state index < -0.39 is 0 Å². The van der Waals surface area contributed by atoms with Crippen molar-refractivity contribution in [3.05, 3.63) is 0 Å². The molecule has 0 rings (SSSR count). The Labute approximate surface area is 73.8 Å². The first kappa shape index (κ1) is 16.3. The lowest BCUT2D eigenvalue weighted by molar-refractivity contribution is 0.896. The van der Waals surface area contributed by atoms with E-state index in [4.69, 9.17) is 0 Å². The van der Waals surface area contributed by atoms with E-state index >= 15 is 0 Å². The third-order valence-corrected chi connectivity index (χ3v) is 2.18. The van der Waals surface area contributed by atoms with Gasteiger partial charge in [-0.25, -0.2) is 7.23 Å². The zero-order valence-electron chi connectivity index (χ0n) is 5.02. The third-order valence-electron chi connectivity index (χ3n) is 0.675. The van der Waals surface area contributed by atoms with Crippen molar-refractivity contribution in [2.45, 2.75) is 19.8 Å². The summed E-state index contributed by atoms with van der Waals surface area (Å²) in [5, 5.41) is 0. The highest BCUT2D eigenvalue weighted by atomic mass is 35.5. The number of hydrogen-bond donors (Lipinski definition) is 0. The first-order chi connectivity index (χ1) is 2.91. The second-order valence-electron chi connectivity index (χ2n) is 1.31. The summed E-state index contributed by atoms with van der Waals surface area (Å²) in [5.74, 6) is 0. The number of hydrogen-bond acceptors (Lipinski definition) is 0. The van der Waals surface area contributed by atoms with E-state index in [2.05, 4.69) is 22.8 Å². The zero-order valence-corrected chi connectivity index (χ0v) is 8.80. The molecular weight excluding hydrogens is 177 g/mol. The molecule has 0 nitrogen and oxygen atoms in total. The molecule has 0 aliphatic heterocycles. The van der Waals surface area contributed by atoms with Crippen LogP contribution in [0.4, 0.5) is 0 Å². The van der Waals surface area contributed by atoms with Crippen molar-refractivity contribution in [2.75, 3.05) is 6.16 Å². The van der Waals surface area contributed by atoms with Crippen molar-refractivity contribution in [3.63, 3.8) is 0 Å². The van der Waals surface area contributed by atoms with Crippen LogP contribution in [0.1, 0.15) is 19.8 Å². The van der Waals surface area contributed by atoms with E-state index in [1.807, 2.05) is 0 Å². The Balaban J connectivity index is -0.000000125. The van der Waals surface area contributed by atoms with Crippen molar-refractivity contribution in [1.29, 1.82) is 0 Å². The molecule has 0 aromatic carbocycles. The van der Waals surface area contributed by atoms with Gasteiger partial charge in [-0.3, -0.25) is 0 Å². The predicted molar refractivity (Wildman–Crippen MR) is 48.3 cm³/mol. The quantitative estimate of drug-likeness (QED) is 0.363. The van der Waals surface area contributed by atoms with Crippen LogP contribution >= 0.6 is 32.0 Å². The van der Waals surface area contributed by atoms with Gasteiger partial charge in [-0.05, 0) is 0 Å². The molecule has 8 heavy (non-hydrogen) atoms. The lowest BCUT2D eigenvalue weighted by Gasteiger charge is -1.87. The number of rotatable bonds is 3. The van der Waals surface area contributed by atoms with E-state index in [1.54, 1.807) is 0 Å². The predicted octanol–water partition coefficient (Wildman–Crippen LogP) is 2.39. The second kappa shape index (κ2) is 15.8. The minimum absolute atomic E-state index is 0. The lowest BCUT2D eigenvalue weighted by atomic mass is 10.4. The Hall–Kier alpha value is 1.54. The normalized spacial score (nSPS) is 8.12. The van der Waals surface area contributed by atoms with Crippen molar-refractivity contribution >= 4 is 47.9 Å². The van der Waals surface area contributed by atoms with Gasteiger partial charge in [0.15, 0.2) is 15.8 Å². The van der Waals surface area contributed by atoms with E-state index in [0.29, 0.717) is 0 Å². The minimum atomic E-state index is 0. The molecule has 0 saturated heterocycles. The number of unbranched alkanes of at least 4 members (excludes halogenated alkanes) is 1. The smallest absolute Gasteiger partial charge is 0.165 e. The van der Waals surface area contributed by atoms with Gasteiger partial charge in [0.1, 0.15) is 0 Å². The Bertz CT molecular complexity index is 26.0. The Morgan fingerprint density at radius 1 is 1.38 bits per heavy atom. The summed E-state index contributed by atoms with van der Waals surface area (Å²) in [6, 6.07) is 0. The third kappa shape index (κ3) is 15.6. The SMILES string of the molecule is CCCC[PH][Al].Cl.Cl. The second-order valence-corrected chi connectivity index (χ2v) is 3.44. The molecule has 0 N–H and O–H groups in total. The largest absolute Gasteiger partial charge is 0.214 e. The molecule has 0 heterocycles. The van der Waals surface area contributed by atoms with Gasteiger partial charge in [-0.15, -0.1) is 24.8 Å². The highest BCUT2D eigenvalue weighted by Crippen LogP contribution is 2.02. The Morgan fingerprint density at radius 2 is 1.88 bits per heavy atom. The topological polar surface area (TPSA) is 0 Å². The summed E-state index contributed by atoms with van der Waals surface area (Å²) in [5.41, 5.74) is 0. The fourth-order valence-electron chi connectivity index (χ4n) is 0.279. The van der Waals surface area contributed by atoms with Gasteiger partial charge in [-0.2, -0.15) is 0 Å². The van der Waals surface area contributed by atoms with E-state index in [-0.39, 0.29) is 24.8 Å². The van der Waals surface area contributed by atoms with Crippen LogP contribution in [0.3, 0.4) is 0 Å². The monoisotopic (exact) mass is 188 g/mol. The van der Waals surface area contributed by atoms with Crippen LogP contribution in [0.15, 0.2) is 0 Å². The standard InChI is InChI=1S/C4H10P.Al.2ClH/c1-2-3-4-5;;;/h5H,2-4H2,1H3;;2*1H/q-1;+1;;. The van der Waals surface area contributed by atoms with E-state index in [1.165, 1.54) is 19.0 Å². The first-order valence-electron chi connectivity index (χ1n) is 2.35. The highest BCUT2D eigenvalue weighted by Gasteiger charge is 1.74. The van der Waals surface area contributed by atoms with Crippen LogP contribution in [0, 0.1) is 0 Å². The average Bonchev–Trinajstić information content (AvgIpc) is 1.61. The molecule has 0 amide bonds. The maximum atomic E-state index is 2.76. The molecule has 2 radical (unpaired) electrons. The van der Waals surface area contributed by atoms with Crippen LogP contribution < -0.4 is 0 Å². The molecule has 50 valence electrons. The molecule has 0 bridgehead atoms. The van der Waals surface area contributed by atoms with Crippen molar-refractivity contribution < 1.29 is 0 Å². The minimum Gasteiger partial charge on any atom is -0.214 e. The fourth-order valence-corrected chi connectivity index (χ4v) is 1.45. The maximum absolute atomic E-state index is 2.76. The molecule has 0 aliphatic carbocycles. The summed E-state index contributed by atoms with van der Waals surface area (Å²) in [7, 11) is 1.08. The lowest BCUT2D eigenvalue weighted by Crippen LogP contribution is -1.70. The molecular formula is C4H12AlCl2P. The molecule has 0 aromatic rings. The summed E-state index contributed by atoms with van der Waals surface area (Å²) in [4.78, 5) is 0. The van der Waals surface area contributed by atoms with Gasteiger partial charge >= 0.3 is 0 Å². The van der Waals surface area contributed by atoms with Gasteiger partial charge in [0, 0.05) is 0 Å². The molecule has 0 aliphatic rings. The summed E-state index contributed by atoms with van der Waals surface area (Å²) < 4.78 is 0. The van der Waals surface area contributed by atoms with Crippen molar-refractivity contribution in [2.24, 2.45) is 0 Å². The molecule has 0 fully saturated rings. The van der Waals surface area contributed by atoms with Gasteiger partial charge < -0.3 is 0 Å². The van der Waals surface area contributed by atoms with Crippen LogP contribution in [0.5, 0.6) is 0 Å². The summed E-state index contributed by atoms with van der Waals surface area (Å²) >= 11 is 2.76. The van der Waals surface area contributed by atoms with Crippen LogP contribution in [-0.2, 0) is 0 Å².